The molecule has 1 aromatic rings. The van der Waals surface area contributed by atoms with Gasteiger partial charge >= 0.3 is 18.0 Å². The third-order valence-electron chi connectivity index (χ3n) is 12.5. The predicted molar refractivity (Wildman–Crippen MR) is 265 cm³/mol. The molecule has 3 rings (SSSR count). The molecule has 1 saturated carbocycles. The minimum Gasteiger partial charge on any atom is -0.480 e. The fourth-order valence-corrected chi connectivity index (χ4v) is 7.99. The summed E-state index contributed by atoms with van der Waals surface area (Å²) in [5, 5.41) is 27.9. The Morgan fingerprint density at radius 1 is 0.781 bits per heavy atom. The number of hydroxylamine groups is 2. The maximum Gasteiger partial charge on any atom is 0.407 e. The SMILES string of the molecule is CC(C)C(NC(=O)CCCC(=O)ON1C(=O)CCC1=O)C(=O)NCC(=O)NCCNC(=O)OCc1ccc([C@H]2CC[C@@H]2C(C)CC/C=C/C(=O)NCC(=O)NCC(C)(C)C(=O)N[C@@H](CC(C)(C)C)C(=O)O)cc1. The smallest absolute Gasteiger partial charge is 0.407 e. The molecule has 1 aliphatic heterocycles. The summed E-state index contributed by atoms with van der Waals surface area (Å²) in [6, 6.07) is 5.89. The Morgan fingerprint density at radius 2 is 1.41 bits per heavy atom. The number of aliphatic carboxylic acids is 1. The van der Waals surface area contributed by atoms with E-state index in [2.05, 4.69) is 44.1 Å². The number of carbonyl (C=O) groups excluding carboxylic acids is 10. The summed E-state index contributed by atoms with van der Waals surface area (Å²) >= 11 is 0. The van der Waals surface area contributed by atoms with Gasteiger partial charge in [0, 0.05) is 45.3 Å². The van der Waals surface area contributed by atoms with Gasteiger partial charge in [-0.05, 0) is 98.7 Å². The van der Waals surface area contributed by atoms with Crippen LogP contribution < -0.4 is 37.2 Å². The monoisotopic (exact) mass is 1020 g/mol. The van der Waals surface area contributed by atoms with Crippen molar-refractivity contribution in [1.82, 2.24) is 42.3 Å². The molecule has 73 heavy (non-hydrogen) atoms. The summed E-state index contributed by atoms with van der Waals surface area (Å²) in [6.45, 7) is 13.9. The number of benzene rings is 1. The molecular weight excluding hydrogens is 949 g/mol. The number of nitrogens with zero attached hydrogens (tertiary/aromatic N) is 1. The number of carboxylic acids is 1. The van der Waals surface area contributed by atoms with E-state index in [0.717, 1.165) is 24.8 Å². The van der Waals surface area contributed by atoms with Gasteiger partial charge in [-0.3, -0.25) is 38.4 Å². The van der Waals surface area contributed by atoms with Gasteiger partial charge in [0.25, 0.3) is 11.8 Å². The van der Waals surface area contributed by atoms with E-state index in [9.17, 15) is 57.8 Å². The van der Waals surface area contributed by atoms with E-state index in [0.29, 0.717) is 29.2 Å². The van der Waals surface area contributed by atoms with Crippen molar-refractivity contribution in [2.24, 2.45) is 28.6 Å². The lowest BCUT2D eigenvalue weighted by Gasteiger charge is -2.41. The molecule has 22 heteroatoms. The van der Waals surface area contributed by atoms with Crippen molar-refractivity contribution in [2.45, 2.75) is 144 Å². The van der Waals surface area contributed by atoms with Crippen LogP contribution >= 0.6 is 0 Å². The summed E-state index contributed by atoms with van der Waals surface area (Å²) in [7, 11) is 0. The van der Waals surface area contributed by atoms with Crippen LogP contribution in [0.4, 0.5) is 4.79 Å². The maximum absolute atomic E-state index is 12.8. The first kappa shape index (κ1) is 60.4. The second-order valence-corrected chi connectivity index (χ2v) is 20.8. The topological polar surface area (TPSA) is 314 Å². The molecule has 0 radical (unpaired) electrons. The highest BCUT2D eigenvalue weighted by atomic mass is 16.7. The van der Waals surface area contributed by atoms with Crippen molar-refractivity contribution < 1.29 is 67.4 Å². The van der Waals surface area contributed by atoms with Gasteiger partial charge in [0.1, 0.15) is 18.7 Å². The number of carbonyl (C=O) groups is 11. The number of hydrogen-bond acceptors (Lipinski definition) is 13. The van der Waals surface area contributed by atoms with Gasteiger partial charge in [0.05, 0.1) is 18.5 Å². The summed E-state index contributed by atoms with van der Waals surface area (Å²) in [5.74, 6) is -5.33. The van der Waals surface area contributed by atoms with Crippen LogP contribution in [0.3, 0.4) is 0 Å². The molecule has 404 valence electrons. The standard InChI is InChI=1S/C51H76N8O14/c1-31(2)45(58-39(61)14-11-15-44(66)73-59-42(64)22-23-43(59)65)46(67)55-28-40(62)52-24-25-53-49(71)72-29-33-16-18-34(19-17-33)36-21-20-35(36)32(3)12-9-10-13-38(60)54-27-41(63)56-30-51(7,8)48(70)57-37(47(68)69)26-50(4,5)6/h10,13,16-19,31-32,35-37,45H,9,11-12,14-15,20-30H2,1-8H3,(H,52,62)(H,53,71)(H,54,60)(H,55,67)(H,56,63)(H,57,70)(H,58,61)(H,68,69)/b13-10+/t32?,35-,36-,37+,45?/m1/s1. The van der Waals surface area contributed by atoms with Crippen LogP contribution in [0.1, 0.15) is 137 Å². The Balaban J connectivity index is 1.26. The van der Waals surface area contributed by atoms with Gasteiger partial charge in [0.2, 0.25) is 35.4 Å². The average molecular weight is 1030 g/mol. The molecule has 1 heterocycles. The van der Waals surface area contributed by atoms with E-state index < -0.39 is 82.8 Å². The van der Waals surface area contributed by atoms with Gasteiger partial charge in [-0.2, -0.15) is 0 Å². The summed E-state index contributed by atoms with van der Waals surface area (Å²) in [4.78, 5) is 139. The van der Waals surface area contributed by atoms with E-state index in [4.69, 9.17) is 9.57 Å². The molecule has 0 bridgehead atoms. The minimum atomic E-state index is -1.13. The molecule has 1 aliphatic carbocycles. The van der Waals surface area contributed by atoms with Crippen LogP contribution in [-0.4, -0.2) is 120 Å². The number of hydrogen-bond donors (Lipinski definition) is 8. The van der Waals surface area contributed by atoms with E-state index in [1.165, 1.54) is 11.6 Å². The zero-order valence-electron chi connectivity index (χ0n) is 43.4. The first-order valence-corrected chi connectivity index (χ1v) is 24.9. The van der Waals surface area contributed by atoms with Gasteiger partial charge in [-0.25, -0.2) is 14.4 Å². The molecule has 1 aromatic carbocycles. The van der Waals surface area contributed by atoms with Crippen LogP contribution in [0, 0.1) is 28.6 Å². The predicted octanol–water partition coefficient (Wildman–Crippen LogP) is 2.79. The second-order valence-electron chi connectivity index (χ2n) is 20.8. The van der Waals surface area contributed by atoms with E-state index in [1.54, 1.807) is 33.8 Å². The molecule has 5 atom stereocenters. The normalized spacial score (nSPS) is 16.9. The molecule has 0 spiro atoms. The maximum atomic E-state index is 12.8. The molecule has 2 aliphatic rings. The lowest BCUT2D eigenvalue weighted by Crippen LogP contribution is -2.51. The summed E-state index contributed by atoms with van der Waals surface area (Å²) in [6.07, 6.45) is 6.04. The van der Waals surface area contributed by atoms with Crippen molar-refractivity contribution in [3.05, 3.63) is 47.5 Å². The van der Waals surface area contributed by atoms with E-state index in [-0.39, 0.29) is 89.2 Å². The fraction of sp³-hybridized carbons (Fsp3) is 0.627. The Hall–Kier alpha value is -6.87. The molecule has 2 fully saturated rings. The number of imide groups is 1. The first-order chi connectivity index (χ1) is 34.3. The molecular formula is C51H76N8O14. The number of alkyl carbamates (subject to hydrolysis) is 1. The lowest BCUT2D eigenvalue weighted by atomic mass is 9.64. The zero-order chi connectivity index (χ0) is 54.5. The first-order valence-electron chi connectivity index (χ1n) is 24.9. The van der Waals surface area contributed by atoms with Crippen LogP contribution in [0.2, 0.25) is 0 Å². The highest BCUT2D eigenvalue weighted by Gasteiger charge is 2.37. The summed E-state index contributed by atoms with van der Waals surface area (Å²) in [5.41, 5.74) is 0.580. The second kappa shape index (κ2) is 29.0. The molecule has 0 aromatic heterocycles. The Bertz CT molecular complexity index is 2150. The molecule has 1 saturated heterocycles. The number of ether oxygens (including phenoxy) is 1. The third-order valence-corrected chi connectivity index (χ3v) is 12.5. The molecule has 22 nitrogen and oxygen atoms in total. The Kier molecular flexibility index (Phi) is 24.0. The minimum absolute atomic E-state index is 0.0359. The number of amides is 9. The van der Waals surface area contributed by atoms with Crippen LogP contribution in [-0.2, 0) is 64.1 Å². The van der Waals surface area contributed by atoms with Gasteiger partial charge in [0.15, 0.2) is 0 Å². The highest BCUT2D eigenvalue weighted by molar-refractivity contribution is 6.01. The van der Waals surface area contributed by atoms with Crippen molar-refractivity contribution in [2.75, 3.05) is 32.7 Å². The van der Waals surface area contributed by atoms with Crippen molar-refractivity contribution in [1.29, 1.82) is 0 Å². The Morgan fingerprint density at radius 3 is 2.01 bits per heavy atom. The van der Waals surface area contributed by atoms with Crippen LogP contribution in [0.15, 0.2) is 36.4 Å². The number of nitrogens with one attached hydrogen (secondary N) is 7. The Labute approximate surface area is 427 Å². The average Bonchev–Trinajstić information content (AvgIpc) is 3.62. The van der Waals surface area contributed by atoms with Crippen LogP contribution in [0.25, 0.3) is 0 Å². The third kappa shape index (κ3) is 21.8. The molecule has 8 N–H and O–H groups in total. The zero-order valence-corrected chi connectivity index (χ0v) is 43.4. The number of rotatable bonds is 29. The summed E-state index contributed by atoms with van der Waals surface area (Å²) < 4.78 is 5.34. The molecule has 2 unspecified atom stereocenters. The van der Waals surface area contributed by atoms with E-state index in [1.807, 2.05) is 45.0 Å². The van der Waals surface area contributed by atoms with Gasteiger partial charge in [-0.15, -0.1) is 5.06 Å². The van der Waals surface area contributed by atoms with Crippen molar-refractivity contribution in [3.8, 4) is 0 Å². The van der Waals surface area contributed by atoms with Gasteiger partial charge in [-0.1, -0.05) is 71.9 Å². The molecule has 9 amide bonds. The largest absolute Gasteiger partial charge is 0.480 e. The fourth-order valence-electron chi connectivity index (χ4n) is 7.99. The number of allylic oxidation sites excluding steroid dienone is 1. The number of carboxylic acid groups (broad SMARTS) is 1. The van der Waals surface area contributed by atoms with Crippen molar-refractivity contribution in [3.63, 3.8) is 0 Å². The van der Waals surface area contributed by atoms with E-state index >= 15 is 0 Å². The lowest BCUT2D eigenvalue weighted by molar-refractivity contribution is -0.197. The quantitative estimate of drug-likeness (QED) is 0.0325. The highest BCUT2D eigenvalue weighted by Crippen LogP contribution is 2.47. The van der Waals surface area contributed by atoms with Gasteiger partial charge < -0.3 is 51.9 Å². The van der Waals surface area contributed by atoms with Crippen molar-refractivity contribution >= 4 is 65.3 Å². The van der Waals surface area contributed by atoms with Crippen LogP contribution in [0.5, 0.6) is 0 Å².